The number of likely N-dealkylation sites (tertiary alicyclic amines) is 2. The number of primary amides is 1. The minimum Gasteiger partial charge on any atom is -0.352 e. The van der Waals surface area contributed by atoms with E-state index in [9.17, 15) is 9.59 Å². The summed E-state index contributed by atoms with van der Waals surface area (Å²) in [6.45, 7) is 3.92. The number of hydrogen-bond acceptors (Lipinski definition) is 3. The van der Waals surface area contributed by atoms with Gasteiger partial charge in [0.15, 0.2) is 0 Å². The molecule has 3 amide bonds. The highest BCUT2D eigenvalue weighted by Gasteiger charge is 2.30. The molecule has 0 unspecified atom stereocenters. The van der Waals surface area contributed by atoms with Gasteiger partial charge in [0.1, 0.15) is 0 Å². The number of urea groups is 1. The molecule has 2 aliphatic heterocycles. The standard InChI is InChI=1S/C19H28N4O2/c20-19(25)21-17(15-7-2-1-3-8-15)13-18(24)23-12-6-9-16(14-23)22-10-4-5-11-22/h1-3,7-8,16-17H,4-6,9-14H2,(H3,20,21,25)/t16-,17+/m1/s1. The maximum absolute atomic E-state index is 12.8. The molecule has 0 bridgehead atoms. The van der Waals surface area contributed by atoms with Gasteiger partial charge in [0.05, 0.1) is 12.5 Å². The Labute approximate surface area is 149 Å². The molecule has 0 spiro atoms. The molecule has 0 radical (unpaired) electrons. The summed E-state index contributed by atoms with van der Waals surface area (Å²) in [5.41, 5.74) is 6.21. The van der Waals surface area contributed by atoms with E-state index in [1.54, 1.807) is 0 Å². The van der Waals surface area contributed by atoms with E-state index in [0.717, 1.165) is 38.2 Å². The van der Waals surface area contributed by atoms with E-state index < -0.39 is 6.03 Å². The number of carbonyl (C=O) groups is 2. The van der Waals surface area contributed by atoms with Crippen LogP contribution < -0.4 is 11.1 Å². The van der Waals surface area contributed by atoms with Crippen molar-refractivity contribution in [3.8, 4) is 0 Å². The van der Waals surface area contributed by atoms with Gasteiger partial charge in [-0.25, -0.2) is 4.79 Å². The highest BCUT2D eigenvalue weighted by Crippen LogP contribution is 2.23. The van der Waals surface area contributed by atoms with Crippen molar-refractivity contribution in [3.05, 3.63) is 35.9 Å². The second kappa shape index (κ2) is 8.34. The lowest BCUT2D eigenvalue weighted by molar-refractivity contribution is -0.133. The van der Waals surface area contributed by atoms with Crippen LogP contribution in [-0.2, 0) is 4.79 Å². The zero-order chi connectivity index (χ0) is 17.6. The van der Waals surface area contributed by atoms with Gasteiger partial charge in [-0.2, -0.15) is 0 Å². The number of amides is 3. The Hall–Kier alpha value is -2.08. The first-order valence-corrected chi connectivity index (χ1v) is 9.26. The number of nitrogens with one attached hydrogen (secondary N) is 1. The molecular weight excluding hydrogens is 316 g/mol. The van der Waals surface area contributed by atoms with Crippen LogP contribution in [0.3, 0.4) is 0 Å². The third kappa shape index (κ3) is 4.72. The number of hydrogen-bond donors (Lipinski definition) is 2. The lowest BCUT2D eigenvalue weighted by atomic mass is 10.0. The third-order valence-electron chi connectivity index (χ3n) is 5.30. The van der Waals surface area contributed by atoms with Crippen molar-refractivity contribution in [2.45, 2.75) is 44.2 Å². The van der Waals surface area contributed by atoms with Crippen LogP contribution in [0.5, 0.6) is 0 Å². The molecular formula is C19H28N4O2. The van der Waals surface area contributed by atoms with Crippen molar-refractivity contribution in [1.82, 2.24) is 15.1 Å². The van der Waals surface area contributed by atoms with Crippen molar-refractivity contribution in [1.29, 1.82) is 0 Å². The van der Waals surface area contributed by atoms with E-state index in [-0.39, 0.29) is 18.4 Å². The molecule has 0 saturated carbocycles. The SMILES string of the molecule is NC(=O)N[C@@H](CC(=O)N1CCC[C@@H](N2CCCC2)C1)c1ccccc1. The van der Waals surface area contributed by atoms with Gasteiger partial charge in [-0.1, -0.05) is 30.3 Å². The van der Waals surface area contributed by atoms with Crippen molar-refractivity contribution in [3.63, 3.8) is 0 Å². The normalized spacial score (nSPS) is 22.6. The summed E-state index contributed by atoms with van der Waals surface area (Å²) in [6, 6.07) is 9.05. The van der Waals surface area contributed by atoms with E-state index in [1.165, 1.54) is 19.3 Å². The number of rotatable bonds is 5. The van der Waals surface area contributed by atoms with Crippen LogP contribution in [-0.4, -0.2) is 54.0 Å². The summed E-state index contributed by atoms with van der Waals surface area (Å²) >= 11 is 0. The first-order valence-electron chi connectivity index (χ1n) is 9.26. The second-order valence-electron chi connectivity index (χ2n) is 7.05. The van der Waals surface area contributed by atoms with Gasteiger partial charge in [-0.15, -0.1) is 0 Å². The Bertz CT molecular complexity index is 586. The third-order valence-corrected chi connectivity index (χ3v) is 5.30. The van der Waals surface area contributed by atoms with Gasteiger partial charge < -0.3 is 16.0 Å². The molecule has 6 nitrogen and oxygen atoms in total. The van der Waals surface area contributed by atoms with Gasteiger partial charge in [0.2, 0.25) is 5.91 Å². The molecule has 3 N–H and O–H groups in total. The van der Waals surface area contributed by atoms with E-state index in [1.807, 2.05) is 35.2 Å². The minimum absolute atomic E-state index is 0.0894. The lowest BCUT2D eigenvalue weighted by Gasteiger charge is -2.38. The number of benzene rings is 1. The highest BCUT2D eigenvalue weighted by atomic mass is 16.2. The molecule has 0 aromatic heterocycles. The van der Waals surface area contributed by atoms with E-state index in [4.69, 9.17) is 5.73 Å². The van der Waals surface area contributed by atoms with Crippen LogP contribution in [0.15, 0.2) is 30.3 Å². The first kappa shape index (κ1) is 17.7. The predicted molar refractivity (Wildman–Crippen MR) is 96.9 cm³/mol. The Balaban J connectivity index is 1.63. The van der Waals surface area contributed by atoms with Crippen LogP contribution in [0.4, 0.5) is 4.79 Å². The first-order chi connectivity index (χ1) is 12.1. The quantitative estimate of drug-likeness (QED) is 0.856. The van der Waals surface area contributed by atoms with Crippen LogP contribution >= 0.6 is 0 Å². The summed E-state index contributed by atoms with van der Waals surface area (Å²) in [4.78, 5) is 28.7. The second-order valence-corrected chi connectivity index (χ2v) is 7.05. The highest BCUT2D eigenvalue weighted by molar-refractivity contribution is 5.79. The fourth-order valence-electron chi connectivity index (χ4n) is 4.00. The van der Waals surface area contributed by atoms with Crippen molar-refractivity contribution in [2.24, 2.45) is 5.73 Å². The maximum Gasteiger partial charge on any atom is 0.312 e. The molecule has 136 valence electrons. The molecule has 2 aliphatic rings. The van der Waals surface area contributed by atoms with Gasteiger partial charge in [-0.05, 0) is 44.3 Å². The molecule has 2 atom stereocenters. The van der Waals surface area contributed by atoms with E-state index in [2.05, 4.69) is 10.2 Å². The van der Waals surface area contributed by atoms with Crippen molar-refractivity contribution >= 4 is 11.9 Å². The smallest absolute Gasteiger partial charge is 0.312 e. The van der Waals surface area contributed by atoms with Gasteiger partial charge in [0, 0.05) is 19.1 Å². The van der Waals surface area contributed by atoms with Crippen LogP contribution in [0.2, 0.25) is 0 Å². The summed E-state index contributed by atoms with van der Waals surface area (Å²) in [7, 11) is 0. The van der Waals surface area contributed by atoms with E-state index >= 15 is 0 Å². The number of nitrogens with two attached hydrogens (primary N) is 1. The fourth-order valence-corrected chi connectivity index (χ4v) is 4.00. The zero-order valence-corrected chi connectivity index (χ0v) is 14.7. The molecule has 0 aliphatic carbocycles. The average Bonchev–Trinajstić information content (AvgIpc) is 3.16. The molecule has 2 fully saturated rings. The van der Waals surface area contributed by atoms with Crippen molar-refractivity contribution in [2.75, 3.05) is 26.2 Å². The molecule has 6 heteroatoms. The fraction of sp³-hybridized carbons (Fsp3) is 0.579. The maximum atomic E-state index is 12.8. The summed E-state index contributed by atoms with van der Waals surface area (Å²) in [5, 5.41) is 2.71. The summed E-state index contributed by atoms with van der Waals surface area (Å²) < 4.78 is 0. The lowest BCUT2D eigenvalue weighted by Crippen LogP contribution is -2.49. The zero-order valence-electron chi connectivity index (χ0n) is 14.7. The summed E-state index contributed by atoms with van der Waals surface area (Å²) in [5.74, 6) is 0.0894. The van der Waals surface area contributed by atoms with Gasteiger partial charge in [-0.3, -0.25) is 9.69 Å². The Morgan fingerprint density at radius 3 is 2.52 bits per heavy atom. The monoisotopic (exact) mass is 344 g/mol. The number of piperidine rings is 1. The van der Waals surface area contributed by atoms with Crippen LogP contribution in [0.1, 0.15) is 43.7 Å². The molecule has 25 heavy (non-hydrogen) atoms. The average molecular weight is 344 g/mol. The topological polar surface area (TPSA) is 78.7 Å². The van der Waals surface area contributed by atoms with E-state index in [0.29, 0.717) is 6.04 Å². The molecule has 1 aromatic rings. The number of carbonyl (C=O) groups excluding carboxylic acids is 2. The Morgan fingerprint density at radius 2 is 1.84 bits per heavy atom. The number of nitrogens with zero attached hydrogens (tertiary/aromatic N) is 2. The van der Waals surface area contributed by atoms with Crippen LogP contribution in [0.25, 0.3) is 0 Å². The Morgan fingerprint density at radius 1 is 1.12 bits per heavy atom. The van der Waals surface area contributed by atoms with Gasteiger partial charge in [0.25, 0.3) is 0 Å². The van der Waals surface area contributed by atoms with Gasteiger partial charge >= 0.3 is 6.03 Å². The largest absolute Gasteiger partial charge is 0.352 e. The van der Waals surface area contributed by atoms with Crippen molar-refractivity contribution < 1.29 is 9.59 Å². The minimum atomic E-state index is -0.602. The molecule has 3 rings (SSSR count). The van der Waals surface area contributed by atoms with Crippen LogP contribution in [0, 0.1) is 0 Å². The molecule has 2 heterocycles. The summed E-state index contributed by atoms with van der Waals surface area (Å²) in [6.07, 6.45) is 5.00. The predicted octanol–water partition coefficient (Wildman–Crippen LogP) is 1.87. The Kier molecular flexibility index (Phi) is 5.91. The molecule has 2 saturated heterocycles. The molecule has 1 aromatic carbocycles.